The lowest BCUT2D eigenvalue weighted by atomic mass is 10.1. The van der Waals surface area contributed by atoms with Gasteiger partial charge in [0.2, 0.25) is 0 Å². The fraction of sp³-hybridized carbons (Fsp3) is 0.353. The van der Waals surface area contributed by atoms with Gasteiger partial charge in [-0.2, -0.15) is 0 Å². The largest absolute Gasteiger partial charge is 0.507 e. The van der Waals surface area contributed by atoms with Gasteiger partial charge in [0.25, 0.3) is 0 Å². The molecule has 0 bridgehead atoms. The van der Waals surface area contributed by atoms with Gasteiger partial charge in [-0.05, 0) is 25.9 Å². The van der Waals surface area contributed by atoms with E-state index in [1.54, 1.807) is 35.6 Å². The number of nitrogens with one attached hydrogen (secondary N) is 1. The average molecular weight is 352 g/mol. The van der Waals surface area contributed by atoms with Crippen LogP contribution in [0.4, 0.5) is 5.82 Å². The summed E-state index contributed by atoms with van der Waals surface area (Å²) < 4.78 is 1.71. The van der Waals surface area contributed by atoms with Crippen molar-refractivity contribution in [2.24, 2.45) is 0 Å². The normalized spacial score (nSPS) is 15.1. The molecule has 3 aromatic heterocycles. The SMILES string of the molecule is CN(c1cnc(-c2cnc(-n3ccnc3)cc2O)nn1)C1CCNCC1. The number of imidazole rings is 1. The molecule has 0 atom stereocenters. The minimum absolute atomic E-state index is 0.0463. The molecule has 0 unspecified atom stereocenters. The predicted octanol–water partition coefficient (Wildman–Crippen LogP) is 1.01. The van der Waals surface area contributed by atoms with Crippen molar-refractivity contribution >= 4 is 5.82 Å². The quantitative estimate of drug-likeness (QED) is 0.717. The van der Waals surface area contributed by atoms with Gasteiger partial charge in [0.1, 0.15) is 17.9 Å². The molecule has 0 aliphatic carbocycles. The van der Waals surface area contributed by atoms with Crippen molar-refractivity contribution in [3.63, 3.8) is 0 Å². The molecule has 9 nitrogen and oxygen atoms in total. The molecule has 2 N–H and O–H groups in total. The molecule has 4 rings (SSSR count). The van der Waals surface area contributed by atoms with Crippen LogP contribution in [0.25, 0.3) is 17.2 Å². The fourth-order valence-electron chi connectivity index (χ4n) is 3.08. The fourth-order valence-corrected chi connectivity index (χ4v) is 3.08. The molecule has 0 spiro atoms. The van der Waals surface area contributed by atoms with Gasteiger partial charge in [0, 0.05) is 37.7 Å². The second-order valence-electron chi connectivity index (χ2n) is 6.26. The number of hydrogen-bond acceptors (Lipinski definition) is 8. The smallest absolute Gasteiger partial charge is 0.187 e. The molecule has 0 radical (unpaired) electrons. The summed E-state index contributed by atoms with van der Waals surface area (Å²) >= 11 is 0. The van der Waals surface area contributed by atoms with E-state index in [0.29, 0.717) is 23.2 Å². The molecule has 0 saturated carbocycles. The van der Waals surface area contributed by atoms with E-state index in [0.717, 1.165) is 31.7 Å². The number of aromatic nitrogens is 6. The highest BCUT2D eigenvalue weighted by atomic mass is 16.3. The number of pyridine rings is 1. The van der Waals surface area contributed by atoms with Gasteiger partial charge in [-0.25, -0.2) is 15.0 Å². The van der Waals surface area contributed by atoms with E-state index in [4.69, 9.17) is 0 Å². The molecular weight excluding hydrogens is 332 g/mol. The van der Waals surface area contributed by atoms with Crippen LogP contribution in [0.15, 0.2) is 37.2 Å². The summed E-state index contributed by atoms with van der Waals surface area (Å²) in [5.74, 6) is 1.68. The topological polar surface area (TPSA) is 105 Å². The first-order valence-corrected chi connectivity index (χ1v) is 8.53. The van der Waals surface area contributed by atoms with Crippen LogP contribution in [-0.2, 0) is 0 Å². The summed E-state index contributed by atoms with van der Waals surface area (Å²) in [7, 11) is 2.01. The Bertz CT molecular complexity index is 859. The molecule has 0 aromatic carbocycles. The Labute approximate surface area is 150 Å². The highest BCUT2D eigenvalue weighted by Crippen LogP contribution is 2.27. The van der Waals surface area contributed by atoms with Gasteiger partial charge < -0.3 is 15.3 Å². The zero-order valence-corrected chi connectivity index (χ0v) is 14.4. The minimum Gasteiger partial charge on any atom is -0.507 e. The van der Waals surface area contributed by atoms with E-state index in [-0.39, 0.29) is 5.75 Å². The number of piperidine rings is 1. The van der Waals surface area contributed by atoms with Gasteiger partial charge in [-0.1, -0.05) is 0 Å². The van der Waals surface area contributed by atoms with E-state index in [1.165, 1.54) is 6.20 Å². The van der Waals surface area contributed by atoms with Crippen molar-refractivity contribution in [1.29, 1.82) is 0 Å². The molecule has 1 aliphatic rings. The minimum atomic E-state index is 0.0463. The first kappa shape index (κ1) is 16.4. The van der Waals surface area contributed by atoms with Gasteiger partial charge >= 0.3 is 0 Å². The van der Waals surface area contributed by atoms with Crippen molar-refractivity contribution in [2.45, 2.75) is 18.9 Å². The molecule has 4 heterocycles. The molecule has 1 fully saturated rings. The maximum atomic E-state index is 10.3. The average Bonchev–Trinajstić information content (AvgIpc) is 3.23. The predicted molar refractivity (Wildman–Crippen MR) is 96.1 cm³/mol. The van der Waals surface area contributed by atoms with E-state index in [2.05, 4.69) is 35.4 Å². The lowest BCUT2D eigenvalue weighted by Crippen LogP contribution is -2.41. The zero-order chi connectivity index (χ0) is 17.9. The highest BCUT2D eigenvalue weighted by Gasteiger charge is 2.20. The third kappa shape index (κ3) is 3.21. The molecule has 9 heteroatoms. The molecule has 0 amide bonds. The Morgan fingerprint density at radius 3 is 2.69 bits per heavy atom. The summed E-state index contributed by atoms with van der Waals surface area (Å²) in [5, 5.41) is 22.1. The lowest BCUT2D eigenvalue weighted by Gasteiger charge is -2.31. The Morgan fingerprint density at radius 2 is 2.04 bits per heavy atom. The van der Waals surface area contributed by atoms with Crippen LogP contribution in [0.1, 0.15) is 12.8 Å². The van der Waals surface area contributed by atoms with Crippen LogP contribution in [0.2, 0.25) is 0 Å². The van der Waals surface area contributed by atoms with E-state index < -0.39 is 0 Å². The maximum Gasteiger partial charge on any atom is 0.187 e. The summed E-state index contributed by atoms with van der Waals surface area (Å²) in [6.45, 7) is 2.02. The van der Waals surface area contributed by atoms with E-state index in [1.807, 2.05) is 7.05 Å². The first-order chi connectivity index (χ1) is 12.7. The van der Waals surface area contributed by atoms with Crippen molar-refractivity contribution in [1.82, 2.24) is 35.0 Å². The van der Waals surface area contributed by atoms with Crippen molar-refractivity contribution in [3.8, 4) is 23.0 Å². The van der Waals surface area contributed by atoms with Crippen molar-refractivity contribution in [2.75, 3.05) is 25.0 Å². The third-order valence-electron chi connectivity index (χ3n) is 4.64. The second-order valence-corrected chi connectivity index (χ2v) is 6.26. The number of hydrogen-bond donors (Lipinski definition) is 2. The van der Waals surface area contributed by atoms with Crippen LogP contribution < -0.4 is 10.2 Å². The second kappa shape index (κ2) is 7.04. The Balaban J connectivity index is 1.55. The van der Waals surface area contributed by atoms with Crippen LogP contribution in [0, 0.1) is 0 Å². The Hall–Kier alpha value is -3.07. The highest BCUT2D eigenvalue weighted by molar-refractivity contribution is 5.63. The van der Waals surface area contributed by atoms with Gasteiger partial charge in [-0.15, -0.1) is 10.2 Å². The lowest BCUT2D eigenvalue weighted by molar-refractivity contribution is 0.440. The number of nitrogens with zero attached hydrogens (tertiary/aromatic N) is 7. The molecule has 3 aromatic rings. The molecule has 26 heavy (non-hydrogen) atoms. The van der Waals surface area contributed by atoms with Gasteiger partial charge in [0.15, 0.2) is 11.6 Å². The van der Waals surface area contributed by atoms with Crippen molar-refractivity contribution < 1.29 is 5.11 Å². The summed E-state index contributed by atoms with van der Waals surface area (Å²) in [5.41, 5.74) is 0.442. The van der Waals surface area contributed by atoms with E-state index in [9.17, 15) is 5.11 Å². The monoisotopic (exact) mass is 352 g/mol. The standard InChI is InChI=1S/C17H20N8O/c1-24(12-2-4-18-5-3-12)16-10-21-17(23-22-16)13-9-20-15(8-14(13)26)25-7-6-19-11-25/h6-12,18H,2-5H2,1H3,(H,20,26). The summed E-state index contributed by atoms with van der Waals surface area (Å²) in [6, 6.07) is 1.98. The van der Waals surface area contributed by atoms with Crippen LogP contribution in [-0.4, -0.2) is 61.0 Å². The van der Waals surface area contributed by atoms with Gasteiger partial charge in [0.05, 0.1) is 11.8 Å². The Kier molecular flexibility index (Phi) is 4.44. The number of anilines is 1. The summed E-state index contributed by atoms with van der Waals surface area (Å²) in [4.78, 5) is 14.8. The van der Waals surface area contributed by atoms with Crippen LogP contribution >= 0.6 is 0 Å². The van der Waals surface area contributed by atoms with Crippen LogP contribution in [0.5, 0.6) is 5.75 Å². The first-order valence-electron chi connectivity index (χ1n) is 8.53. The molecule has 134 valence electrons. The molecule has 1 aliphatic heterocycles. The maximum absolute atomic E-state index is 10.3. The van der Waals surface area contributed by atoms with E-state index >= 15 is 0 Å². The van der Waals surface area contributed by atoms with Crippen LogP contribution in [0.3, 0.4) is 0 Å². The summed E-state index contributed by atoms with van der Waals surface area (Å²) in [6.07, 6.45) is 10.4. The molecule has 1 saturated heterocycles. The number of aromatic hydroxyl groups is 1. The molecular formula is C17H20N8O. The van der Waals surface area contributed by atoms with Crippen molar-refractivity contribution in [3.05, 3.63) is 37.2 Å². The Morgan fingerprint density at radius 1 is 1.19 bits per heavy atom. The third-order valence-corrected chi connectivity index (χ3v) is 4.64. The van der Waals surface area contributed by atoms with Gasteiger partial charge in [-0.3, -0.25) is 4.57 Å². The number of rotatable bonds is 4. The zero-order valence-electron chi connectivity index (χ0n) is 14.4.